The average Bonchev–Trinajstić information content (AvgIpc) is 2.95. The molecule has 1 saturated heterocycles. The molecule has 26 heavy (non-hydrogen) atoms. The molecule has 0 saturated carbocycles. The van der Waals surface area contributed by atoms with Gasteiger partial charge in [-0.2, -0.15) is 0 Å². The summed E-state index contributed by atoms with van der Waals surface area (Å²) in [6.07, 6.45) is 9.68. The smallest absolute Gasteiger partial charge is 0.303 e. The zero-order valence-electron chi connectivity index (χ0n) is 16.1. The lowest BCUT2D eigenvalue weighted by Crippen LogP contribution is -2.33. The summed E-state index contributed by atoms with van der Waals surface area (Å²) in [6, 6.07) is 0.0603. The van der Waals surface area contributed by atoms with E-state index in [4.69, 9.17) is 5.11 Å². The first-order chi connectivity index (χ1) is 12.5. The summed E-state index contributed by atoms with van der Waals surface area (Å²) in [5, 5.41) is 18.9. The average molecular weight is 363 g/mol. The Morgan fingerprint density at radius 2 is 2.04 bits per heavy atom. The van der Waals surface area contributed by atoms with Gasteiger partial charge in [-0.25, -0.2) is 0 Å². The van der Waals surface area contributed by atoms with Crippen molar-refractivity contribution in [3.8, 4) is 11.8 Å². The fourth-order valence-corrected chi connectivity index (χ4v) is 3.07. The van der Waals surface area contributed by atoms with Crippen LogP contribution >= 0.6 is 0 Å². The first-order valence-electron chi connectivity index (χ1n) is 9.79. The summed E-state index contributed by atoms with van der Waals surface area (Å²) in [6.45, 7) is 4.69. The third-order valence-electron chi connectivity index (χ3n) is 4.75. The molecular weight excluding hydrogens is 330 g/mol. The zero-order chi connectivity index (χ0) is 19.4. The van der Waals surface area contributed by atoms with E-state index in [1.807, 2.05) is 24.8 Å². The molecule has 0 aromatic heterocycles. The second-order valence-corrected chi connectivity index (χ2v) is 7.02. The summed E-state index contributed by atoms with van der Waals surface area (Å²) in [5.41, 5.74) is 0. The molecule has 0 radical (unpaired) electrons. The fraction of sp³-hybridized carbons (Fsp3) is 0.714. The Labute approximate surface area is 157 Å². The summed E-state index contributed by atoms with van der Waals surface area (Å²) in [4.78, 5) is 24.5. The van der Waals surface area contributed by atoms with E-state index in [-0.39, 0.29) is 24.3 Å². The second-order valence-electron chi connectivity index (χ2n) is 7.02. The van der Waals surface area contributed by atoms with Crippen molar-refractivity contribution in [3.63, 3.8) is 0 Å². The minimum absolute atomic E-state index is 0.0603. The molecule has 0 aliphatic carbocycles. The molecule has 0 spiro atoms. The van der Waals surface area contributed by atoms with Gasteiger partial charge in [0.2, 0.25) is 5.91 Å². The van der Waals surface area contributed by atoms with Crippen LogP contribution in [0.25, 0.3) is 0 Å². The number of rotatable bonds is 11. The van der Waals surface area contributed by atoms with Crippen LogP contribution in [0.2, 0.25) is 0 Å². The number of carboxylic acids is 1. The molecule has 5 nitrogen and oxygen atoms in total. The highest BCUT2D eigenvalue weighted by Gasteiger charge is 2.28. The predicted octanol–water partition coefficient (Wildman–Crippen LogP) is 3.37. The van der Waals surface area contributed by atoms with Gasteiger partial charge in [-0.1, -0.05) is 38.8 Å². The van der Waals surface area contributed by atoms with E-state index in [1.165, 1.54) is 0 Å². The number of unbranched alkanes of at least 4 members (excludes halogenated alkanes) is 3. The first kappa shape index (κ1) is 22.2. The largest absolute Gasteiger partial charge is 0.481 e. The van der Waals surface area contributed by atoms with Gasteiger partial charge in [0.1, 0.15) is 0 Å². The van der Waals surface area contributed by atoms with Gasteiger partial charge in [0.05, 0.1) is 12.1 Å². The van der Waals surface area contributed by atoms with Gasteiger partial charge in [-0.3, -0.25) is 9.59 Å². The maximum atomic E-state index is 12.1. The summed E-state index contributed by atoms with van der Waals surface area (Å²) in [5.74, 6) is 5.57. The molecule has 0 aromatic carbocycles. The Morgan fingerprint density at radius 1 is 1.31 bits per heavy atom. The third-order valence-corrected chi connectivity index (χ3v) is 4.75. The molecule has 1 heterocycles. The summed E-state index contributed by atoms with van der Waals surface area (Å²) < 4.78 is 0. The fourth-order valence-electron chi connectivity index (χ4n) is 3.07. The highest BCUT2D eigenvalue weighted by Crippen LogP contribution is 2.21. The minimum Gasteiger partial charge on any atom is -0.481 e. The first-order valence-corrected chi connectivity index (χ1v) is 9.79. The lowest BCUT2D eigenvalue weighted by Gasteiger charge is -2.23. The highest BCUT2D eigenvalue weighted by molar-refractivity contribution is 5.79. The van der Waals surface area contributed by atoms with Crippen molar-refractivity contribution in [1.29, 1.82) is 0 Å². The molecule has 3 atom stereocenters. The van der Waals surface area contributed by atoms with Crippen LogP contribution in [-0.2, 0) is 9.59 Å². The second kappa shape index (κ2) is 12.5. The number of aliphatic hydroxyl groups is 1. The van der Waals surface area contributed by atoms with Crippen molar-refractivity contribution in [2.45, 2.75) is 83.8 Å². The number of hydrogen-bond acceptors (Lipinski definition) is 3. The van der Waals surface area contributed by atoms with Gasteiger partial charge < -0.3 is 15.1 Å². The molecule has 0 unspecified atom stereocenters. The van der Waals surface area contributed by atoms with E-state index in [9.17, 15) is 14.7 Å². The Morgan fingerprint density at radius 3 is 2.73 bits per heavy atom. The zero-order valence-corrected chi connectivity index (χ0v) is 16.1. The highest BCUT2D eigenvalue weighted by atomic mass is 16.4. The number of nitrogens with zero attached hydrogens (tertiary/aromatic N) is 1. The van der Waals surface area contributed by atoms with Gasteiger partial charge in [-0.05, 0) is 25.2 Å². The topological polar surface area (TPSA) is 77.8 Å². The van der Waals surface area contributed by atoms with Crippen LogP contribution in [0.3, 0.4) is 0 Å². The van der Waals surface area contributed by atoms with Crippen molar-refractivity contribution in [3.05, 3.63) is 12.2 Å². The summed E-state index contributed by atoms with van der Waals surface area (Å²) in [7, 11) is 0. The van der Waals surface area contributed by atoms with Crippen LogP contribution in [0.5, 0.6) is 0 Å². The lowest BCUT2D eigenvalue weighted by atomic mass is 10.00. The van der Waals surface area contributed by atoms with Gasteiger partial charge >= 0.3 is 5.97 Å². The van der Waals surface area contributed by atoms with Crippen molar-refractivity contribution >= 4 is 11.9 Å². The third kappa shape index (κ3) is 8.53. The Balaban J connectivity index is 2.39. The van der Waals surface area contributed by atoms with E-state index >= 15 is 0 Å². The maximum Gasteiger partial charge on any atom is 0.303 e. The van der Waals surface area contributed by atoms with Crippen LogP contribution < -0.4 is 0 Å². The Bertz CT molecular complexity index is 532. The Kier molecular flexibility index (Phi) is 10.7. The number of likely N-dealkylation sites (tertiary alicyclic amines) is 1. The van der Waals surface area contributed by atoms with E-state index < -0.39 is 12.1 Å². The van der Waals surface area contributed by atoms with Crippen molar-refractivity contribution in [2.75, 3.05) is 6.54 Å². The van der Waals surface area contributed by atoms with Gasteiger partial charge in [0, 0.05) is 32.2 Å². The molecule has 2 N–H and O–H groups in total. The monoisotopic (exact) mass is 363 g/mol. The molecular formula is C21H33NO4. The van der Waals surface area contributed by atoms with Gasteiger partial charge in [0.25, 0.3) is 0 Å². The van der Waals surface area contributed by atoms with Crippen molar-refractivity contribution in [2.24, 2.45) is 5.92 Å². The minimum atomic E-state index is -0.751. The molecule has 1 aliphatic rings. The molecule has 1 aliphatic heterocycles. The summed E-state index contributed by atoms with van der Waals surface area (Å²) >= 11 is 0. The molecule has 0 bridgehead atoms. The van der Waals surface area contributed by atoms with E-state index in [2.05, 4.69) is 11.8 Å². The van der Waals surface area contributed by atoms with Crippen LogP contribution in [0.1, 0.15) is 71.6 Å². The Hall–Kier alpha value is -1.80. The molecule has 146 valence electrons. The molecule has 5 heteroatoms. The number of aliphatic hydroxyl groups excluding tert-OH is 1. The van der Waals surface area contributed by atoms with Crippen molar-refractivity contribution in [1.82, 2.24) is 4.90 Å². The molecule has 0 aromatic rings. The van der Waals surface area contributed by atoms with Crippen molar-refractivity contribution < 1.29 is 19.8 Å². The predicted molar refractivity (Wildman–Crippen MR) is 102 cm³/mol. The number of carbonyl (C=O) groups is 2. The van der Waals surface area contributed by atoms with Gasteiger partial charge in [0.15, 0.2) is 0 Å². The van der Waals surface area contributed by atoms with Crippen LogP contribution in [0.4, 0.5) is 0 Å². The number of carbonyl (C=O) groups excluding carboxylic acids is 1. The van der Waals surface area contributed by atoms with Gasteiger partial charge in [-0.15, -0.1) is 11.8 Å². The lowest BCUT2D eigenvalue weighted by molar-refractivity contribution is -0.137. The number of carboxylic acid groups (broad SMARTS) is 1. The van der Waals surface area contributed by atoms with Crippen LogP contribution in [-0.4, -0.2) is 45.7 Å². The standard InChI is InChI=1S/C21H33NO4/c1-3-4-7-10-17(2)19(23)14-12-18-13-15-20(24)22(18)16-9-6-5-8-11-21(25)26/h12,14,17-19,23H,3,5-6,8-11,13,15-16H2,1-2H3,(H,25,26)/t17-,18-,19-/m0/s1. The SMILES string of the molecule is CCC#CC[C@H](C)[C@@H](O)C=C[C@H]1CCC(=O)N1CCCCCCC(=O)O. The normalized spacial score (nSPS) is 19.4. The number of amides is 1. The van der Waals surface area contributed by atoms with Crippen LogP contribution in [0.15, 0.2) is 12.2 Å². The number of aliphatic carboxylic acids is 1. The van der Waals surface area contributed by atoms with Crippen LogP contribution in [0, 0.1) is 17.8 Å². The van der Waals surface area contributed by atoms with E-state index in [0.29, 0.717) is 25.8 Å². The number of hydrogen-bond donors (Lipinski definition) is 2. The quantitative estimate of drug-likeness (QED) is 0.335. The molecule has 1 amide bonds. The van der Waals surface area contributed by atoms with E-state index in [0.717, 1.165) is 32.1 Å². The molecule has 1 rings (SSSR count). The van der Waals surface area contributed by atoms with E-state index in [1.54, 1.807) is 6.08 Å². The maximum absolute atomic E-state index is 12.1. The molecule has 1 fully saturated rings.